The number of carbonyl (C=O) groups is 1. The van der Waals surface area contributed by atoms with Crippen molar-refractivity contribution in [2.45, 2.75) is 45.6 Å². The van der Waals surface area contributed by atoms with Crippen LogP contribution in [0.3, 0.4) is 0 Å². The van der Waals surface area contributed by atoms with E-state index in [1.165, 1.54) is 11.1 Å². The molecule has 0 fully saturated rings. The number of ketones is 1. The van der Waals surface area contributed by atoms with Crippen molar-refractivity contribution < 1.29 is 4.79 Å². The maximum atomic E-state index is 13.7. The molecule has 1 heterocycles. The molecule has 0 spiro atoms. The summed E-state index contributed by atoms with van der Waals surface area (Å²) in [7, 11) is 0. The molecule has 3 aromatic carbocycles. The number of dihydropyridines is 1. The Morgan fingerprint density at radius 1 is 0.895 bits per heavy atom. The molecule has 3 aromatic rings. The standard InChI is InChI=1S/C33H38N4O/c1-4-37(23-11-14-27-17-20-29(21-18-27)35-25(2)3)31-24-34-30(22-19-26-12-7-5-8-13-26)33(38)32(31)36-28-15-9-6-10-16-28/h5-10,12-13,15-18,20-21,24,30,35-36H,2,4,11,14,19,22-23H2,1,3H3/t30-/m1/s1. The van der Waals surface area contributed by atoms with Crippen LogP contribution in [0.1, 0.15) is 37.8 Å². The second-order valence-corrected chi connectivity index (χ2v) is 9.72. The number of anilines is 2. The molecule has 0 amide bonds. The fourth-order valence-electron chi connectivity index (χ4n) is 4.69. The van der Waals surface area contributed by atoms with Crippen molar-refractivity contribution in [3.63, 3.8) is 0 Å². The van der Waals surface area contributed by atoms with Crippen LogP contribution >= 0.6 is 0 Å². The molecule has 0 aliphatic carbocycles. The minimum absolute atomic E-state index is 0.0568. The fraction of sp³-hybridized carbons (Fsp3) is 0.273. The molecule has 38 heavy (non-hydrogen) atoms. The van der Waals surface area contributed by atoms with E-state index in [1.54, 1.807) is 0 Å². The van der Waals surface area contributed by atoms with Crippen LogP contribution in [0.15, 0.2) is 114 Å². The van der Waals surface area contributed by atoms with Crippen molar-refractivity contribution in [2.24, 2.45) is 4.99 Å². The Kier molecular flexibility index (Phi) is 9.52. The highest BCUT2D eigenvalue weighted by Gasteiger charge is 2.29. The summed E-state index contributed by atoms with van der Waals surface area (Å²) in [4.78, 5) is 20.7. The van der Waals surface area contributed by atoms with E-state index >= 15 is 0 Å². The molecule has 2 N–H and O–H groups in total. The Morgan fingerprint density at radius 2 is 1.55 bits per heavy atom. The molecule has 0 saturated carbocycles. The van der Waals surface area contributed by atoms with Crippen LogP contribution in [0.5, 0.6) is 0 Å². The number of Topliss-reactive ketones (excluding diaryl/α,β-unsaturated/α-hetero) is 1. The van der Waals surface area contributed by atoms with E-state index in [2.05, 4.69) is 65.4 Å². The lowest BCUT2D eigenvalue weighted by atomic mass is 9.97. The molecular formula is C33H38N4O. The number of allylic oxidation sites excluding steroid dienone is 2. The van der Waals surface area contributed by atoms with Gasteiger partial charge in [0.2, 0.25) is 5.78 Å². The second kappa shape index (κ2) is 13.4. The van der Waals surface area contributed by atoms with E-state index in [4.69, 9.17) is 4.99 Å². The Labute approximate surface area is 227 Å². The van der Waals surface area contributed by atoms with Crippen LogP contribution in [0, 0.1) is 0 Å². The van der Waals surface area contributed by atoms with Gasteiger partial charge in [-0.25, -0.2) is 0 Å². The van der Waals surface area contributed by atoms with Gasteiger partial charge in [-0.3, -0.25) is 9.79 Å². The van der Waals surface area contributed by atoms with E-state index < -0.39 is 0 Å². The van der Waals surface area contributed by atoms with Gasteiger partial charge in [0.1, 0.15) is 11.7 Å². The van der Waals surface area contributed by atoms with Gasteiger partial charge >= 0.3 is 0 Å². The van der Waals surface area contributed by atoms with Crippen molar-refractivity contribution in [3.05, 3.63) is 120 Å². The number of nitrogens with zero attached hydrogens (tertiary/aromatic N) is 2. The normalized spacial score (nSPS) is 14.9. The molecule has 1 aliphatic heterocycles. The molecule has 5 nitrogen and oxygen atoms in total. The van der Waals surface area contributed by atoms with Crippen molar-refractivity contribution in [3.8, 4) is 0 Å². The lowest BCUT2D eigenvalue weighted by Gasteiger charge is -2.30. The highest BCUT2D eigenvalue weighted by Crippen LogP contribution is 2.23. The number of hydrogen-bond acceptors (Lipinski definition) is 5. The summed E-state index contributed by atoms with van der Waals surface area (Å²) < 4.78 is 0. The van der Waals surface area contributed by atoms with Crippen LogP contribution in [0.4, 0.5) is 11.4 Å². The van der Waals surface area contributed by atoms with Crippen molar-refractivity contribution in [1.82, 2.24) is 4.90 Å². The van der Waals surface area contributed by atoms with Gasteiger partial charge in [-0.15, -0.1) is 0 Å². The molecule has 196 valence electrons. The quantitative estimate of drug-likeness (QED) is 0.266. The summed E-state index contributed by atoms with van der Waals surface area (Å²) in [5.41, 5.74) is 6.91. The second-order valence-electron chi connectivity index (χ2n) is 9.72. The van der Waals surface area contributed by atoms with E-state index in [0.29, 0.717) is 12.1 Å². The van der Waals surface area contributed by atoms with Crippen molar-refractivity contribution >= 4 is 23.4 Å². The number of rotatable bonds is 13. The molecule has 0 radical (unpaired) electrons. The van der Waals surface area contributed by atoms with Crippen molar-refractivity contribution in [2.75, 3.05) is 23.7 Å². The van der Waals surface area contributed by atoms with Crippen LogP contribution in [0.25, 0.3) is 0 Å². The average Bonchev–Trinajstić information content (AvgIpc) is 2.94. The van der Waals surface area contributed by atoms with Crippen LogP contribution < -0.4 is 10.6 Å². The average molecular weight is 507 g/mol. The molecule has 4 rings (SSSR count). The molecule has 1 aliphatic rings. The van der Waals surface area contributed by atoms with Crippen LogP contribution in [-0.4, -0.2) is 36.0 Å². The van der Waals surface area contributed by atoms with Crippen molar-refractivity contribution in [1.29, 1.82) is 0 Å². The third-order valence-electron chi connectivity index (χ3n) is 6.70. The van der Waals surface area contributed by atoms with Gasteiger partial charge in [-0.2, -0.15) is 0 Å². The lowest BCUT2D eigenvalue weighted by Crippen LogP contribution is -2.36. The Hall–Kier alpha value is -4.12. The molecule has 0 aromatic heterocycles. The van der Waals surface area contributed by atoms with Gasteiger partial charge in [-0.05, 0) is 74.9 Å². The van der Waals surface area contributed by atoms with Gasteiger partial charge < -0.3 is 15.5 Å². The minimum Gasteiger partial charge on any atom is -0.369 e. The predicted molar refractivity (Wildman–Crippen MR) is 160 cm³/mol. The van der Waals surface area contributed by atoms with E-state index in [-0.39, 0.29) is 11.8 Å². The first kappa shape index (κ1) is 26.9. The third kappa shape index (κ3) is 7.45. The number of aliphatic imine (C=N–C) groups is 1. The van der Waals surface area contributed by atoms with Crippen LogP contribution in [0.2, 0.25) is 0 Å². The predicted octanol–water partition coefficient (Wildman–Crippen LogP) is 6.87. The summed E-state index contributed by atoms with van der Waals surface area (Å²) in [5, 5.41) is 6.68. The van der Waals surface area contributed by atoms with Gasteiger partial charge in [-0.1, -0.05) is 67.2 Å². The zero-order valence-electron chi connectivity index (χ0n) is 22.5. The maximum absolute atomic E-state index is 13.7. The SMILES string of the molecule is C=C(C)Nc1ccc(CCCN(CC)C2=C(Nc3ccccc3)C(=O)[C@@H](CCc3ccccc3)N=C2)cc1. The summed E-state index contributed by atoms with van der Waals surface area (Å²) in [6.07, 6.45) is 5.35. The fourth-order valence-corrected chi connectivity index (χ4v) is 4.69. The first-order chi connectivity index (χ1) is 18.5. The smallest absolute Gasteiger partial charge is 0.205 e. The molecule has 0 bridgehead atoms. The summed E-state index contributed by atoms with van der Waals surface area (Å²) in [6, 6.07) is 28.3. The number of hydrogen-bond donors (Lipinski definition) is 2. The maximum Gasteiger partial charge on any atom is 0.205 e. The number of aryl methyl sites for hydroxylation is 2. The zero-order chi connectivity index (χ0) is 26.7. The first-order valence-corrected chi connectivity index (χ1v) is 13.5. The Balaban J connectivity index is 1.46. The summed E-state index contributed by atoms with van der Waals surface area (Å²) in [5.74, 6) is 0.0568. The van der Waals surface area contributed by atoms with E-state index in [9.17, 15) is 4.79 Å². The third-order valence-corrected chi connectivity index (χ3v) is 6.70. The molecule has 1 atom stereocenters. The largest absolute Gasteiger partial charge is 0.369 e. The summed E-state index contributed by atoms with van der Waals surface area (Å²) >= 11 is 0. The van der Waals surface area contributed by atoms with Crippen LogP contribution in [-0.2, 0) is 17.6 Å². The zero-order valence-corrected chi connectivity index (χ0v) is 22.5. The Bertz CT molecular complexity index is 1260. The number of nitrogens with one attached hydrogen (secondary N) is 2. The number of benzene rings is 3. The first-order valence-electron chi connectivity index (χ1n) is 13.5. The topological polar surface area (TPSA) is 56.7 Å². The summed E-state index contributed by atoms with van der Waals surface area (Å²) in [6.45, 7) is 9.62. The number of carbonyl (C=O) groups excluding carboxylic acids is 1. The number of para-hydroxylation sites is 1. The lowest BCUT2D eigenvalue weighted by molar-refractivity contribution is -0.116. The van der Waals surface area contributed by atoms with Gasteiger partial charge in [0, 0.05) is 36.4 Å². The monoisotopic (exact) mass is 506 g/mol. The van der Waals surface area contributed by atoms with Gasteiger partial charge in [0.25, 0.3) is 0 Å². The highest BCUT2D eigenvalue weighted by molar-refractivity contribution is 6.09. The molecule has 0 unspecified atom stereocenters. The van der Waals surface area contributed by atoms with E-state index in [1.807, 2.05) is 61.7 Å². The molecule has 0 saturated heterocycles. The van der Waals surface area contributed by atoms with E-state index in [0.717, 1.165) is 55.1 Å². The van der Waals surface area contributed by atoms with Gasteiger partial charge in [0.15, 0.2) is 0 Å². The minimum atomic E-state index is -0.379. The molecular weight excluding hydrogens is 468 g/mol. The van der Waals surface area contributed by atoms with Gasteiger partial charge in [0.05, 0.1) is 5.70 Å². The Morgan fingerprint density at radius 3 is 2.21 bits per heavy atom. The molecule has 5 heteroatoms. The highest BCUT2D eigenvalue weighted by atomic mass is 16.1.